The number of hydrogen-bond donors (Lipinski definition) is 1. The lowest BCUT2D eigenvalue weighted by molar-refractivity contribution is -0.384. The molecule has 0 fully saturated rings. The number of fused-ring (bicyclic) bond motifs is 1. The molecule has 1 aliphatic heterocycles. The highest BCUT2D eigenvalue weighted by Gasteiger charge is 2.29. The van der Waals surface area contributed by atoms with Crippen molar-refractivity contribution < 1.29 is 28.8 Å². The number of non-ortho nitro benzene ring substituents is 1. The van der Waals surface area contributed by atoms with Crippen molar-refractivity contribution in [1.29, 1.82) is 0 Å². The van der Waals surface area contributed by atoms with Crippen LogP contribution >= 0.6 is 0 Å². The maximum absolute atomic E-state index is 12.0. The highest BCUT2D eigenvalue weighted by molar-refractivity contribution is 6.01. The first kappa shape index (κ1) is 19.2. The molecule has 1 aromatic carbocycles. The van der Waals surface area contributed by atoms with Crippen molar-refractivity contribution in [3.05, 3.63) is 28.3 Å². The molecule has 0 spiro atoms. The van der Waals surface area contributed by atoms with Gasteiger partial charge in [-0.1, -0.05) is 6.92 Å². The molecule has 10 heteroatoms. The maximum Gasteiger partial charge on any atom is 0.326 e. The van der Waals surface area contributed by atoms with E-state index in [1.54, 1.807) is 0 Å². The molecule has 0 aromatic heterocycles. The SMILES string of the molecule is CC[C@H](C)NC(=O)COC(=O)CN1C(=O)COc2ccc([N+](=O)[O-])cc21. The molecule has 10 nitrogen and oxygen atoms in total. The minimum atomic E-state index is -0.808. The van der Waals surface area contributed by atoms with Gasteiger partial charge < -0.3 is 14.8 Å². The summed E-state index contributed by atoms with van der Waals surface area (Å²) in [5.41, 5.74) is -0.134. The Morgan fingerprint density at radius 3 is 2.85 bits per heavy atom. The molecule has 0 radical (unpaired) electrons. The molecule has 2 rings (SSSR count). The van der Waals surface area contributed by atoms with Gasteiger partial charge in [0.15, 0.2) is 13.2 Å². The lowest BCUT2D eigenvalue weighted by atomic mass is 10.2. The largest absolute Gasteiger partial charge is 0.482 e. The fourth-order valence-electron chi connectivity index (χ4n) is 2.22. The number of rotatable bonds is 7. The number of nitro benzene ring substituents is 1. The molecule has 2 amide bonds. The van der Waals surface area contributed by atoms with Crippen molar-refractivity contribution in [2.75, 3.05) is 24.7 Å². The number of nitro groups is 1. The molecule has 0 unspecified atom stereocenters. The number of carbonyl (C=O) groups excluding carboxylic acids is 3. The third-order valence-corrected chi connectivity index (χ3v) is 3.77. The summed E-state index contributed by atoms with van der Waals surface area (Å²) in [5, 5.41) is 13.6. The van der Waals surface area contributed by atoms with E-state index in [4.69, 9.17) is 9.47 Å². The van der Waals surface area contributed by atoms with Crippen molar-refractivity contribution in [2.45, 2.75) is 26.3 Å². The Morgan fingerprint density at radius 2 is 2.19 bits per heavy atom. The Morgan fingerprint density at radius 1 is 1.46 bits per heavy atom. The summed E-state index contributed by atoms with van der Waals surface area (Å²) in [7, 11) is 0. The van der Waals surface area contributed by atoms with E-state index in [9.17, 15) is 24.5 Å². The monoisotopic (exact) mass is 365 g/mol. The van der Waals surface area contributed by atoms with Crippen LogP contribution < -0.4 is 15.0 Å². The smallest absolute Gasteiger partial charge is 0.326 e. The molecule has 0 aliphatic carbocycles. The van der Waals surface area contributed by atoms with E-state index in [0.29, 0.717) is 0 Å². The Kier molecular flexibility index (Phi) is 6.10. The molecular weight excluding hydrogens is 346 g/mol. The number of benzene rings is 1. The predicted octanol–water partition coefficient (Wildman–Crippen LogP) is 0.778. The minimum Gasteiger partial charge on any atom is -0.482 e. The molecule has 1 atom stereocenters. The number of hydrogen-bond acceptors (Lipinski definition) is 7. The standard InChI is InChI=1S/C16H19N3O7/c1-3-10(2)17-14(20)8-26-16(22)7-18-12-6-11(19(23)24)4-5-13(12)25-9-15(18)21/h4-6,10H,3,7-9H2,1-2H3,(H,17,20)/t10-/m0/s1. The summed E-state index contributed by atoms with van der Waals surface area (Å²) in [6.45, 7) is 2.47. The number of amides is 2. The van der Waals surface area contributed by atoms with Crippen LogP contribution in [-0.2, 0) is 19.1 Å². The second-order valence-corrected chi connectivity index (χ2v) is 5.72. The first-order valence-corrected chi connectivity index (χ1v) is 7.98. The fraction of sp³-hybridized carbons (Fsp3) is 0.438. The van der Waals surface area contributed by atoms with Gasteiger partial charge in [0.05, 0.1) is 10.6 Å². The number of nitrogens with one attached hydrogen (secondary N) is 1. The molecule has 140 valence electrons. The van der Waals surface area contributed by atoms with Gasteiger partial charge in [0.1, 0.15) is 12.3 Å². The van der Waals surface area contributed by atoms with E-state index in [-0.39, 0.29) is 29.8 Å². The average Bonchev–Trinajstić information content (AvgIpc) is 2.61. The van der Waals surface area contributed by atoms with Gasteiger partial charge in [0, 0.05) is 18.2 Å². The quantitative estimate of drug-likeness (QED) is 0.429. The summed E-state index contributed by atoms with van der Waals surface area (Å²) in [6.07, 6.45) is 0.734. The normalized spacial score (nSPS) is 14.1. The van der Waals surface area contributed by atoms with Crippen LogP contribution in [0.2, 0.25) is 0 Å². The van der Waals surface area contributed by atoms with Crippen molar-refractivity contribution >= 4 is 29.2 Å². The highest BCUT2D eigenvalue weighted by atomic mass is 16.6. The third-order valence-electron chi connectivity index (χ3n) is 3.77. The zero-order valence-corrected chi connectivity index (χ0v) is 14.4. The lowest BCUT2D eigenvalue weighted by Gasteiger charge is -2.28. The predicted molar refractivity (Wildman–Crippen MR) is 89.8 cm³/mol. The van der Waals surface area contributed by atoms with Gasteiger partial charge >= 0.3 is 5.97 Å². The maximum atomic E-state index is 12.0. The Hall–Kier alpha value is -3.17. The Labute approximate surface area is 149 Å². The minimum absolute atomic E-state index is 0.0468. The van der Waals surface area contributed by atoms with Gasteiger partial charge in [0.25, 0.3) is 17.5 Å². The van der Waals surface area contributed by atoms with Gasteiger partial charge in [-0.05, 0) is 19.4 Å². The lowest BCUT2D eigenvalue weighted by Crippen LogP contribution is -2.43. The number of esters is 1. The number of ether oxygens (including phenoxy) is 2. The first-order chi connectivity index (χ1) is 12.3. The van der Waals surface area contributed by atoms with Crippen LogP contribution in [-0.4, -0.2) is 48.5 Å². The molecule has 1 aromatic rings. The molecular formula is C16H19N3O7. The van der Waals surface area contributed by atoms with Crippen LogP contribution in [0.1, 0.15) is 20.3 Å². The molecule has 0 saturated carbocycles. The van der Waals surface area contributed by atoms with Gasteiger partial charge in [-0.2, -0.15) is 0 Å². The fourth-order valence-corrected chi connectivity index (χ4v) is 2.22. The molecule has 1 aliphatic rings. The number of carbonyl (C=O) groups is 3. The zero-order chi connectivity index (χ0) is 19.3. The van der Waals surface area contributed by atoms with Gasteiger partial charge in [-0.25, -0.2) is 0 Å². The molecule has 26 heavy (non-hydrogen) atoms. The topological polar surface area (TPSA) is 128 Å². The Balaban J connectivity index is 2.03. The summed E-state index contributed by atoms with van der Waals surface area (Å²) in [4.78, 5) is 47.0. The Bertz CT molecular complexity index is 735. The van der Waals surface area contributed by atoms with E-state index >= 15 is 0 Å². The summed E-state index contributed by atoms with van der Waals surface area (Å²) in [6, 6.07) is 3.70. The van der Waals surface area contributed by atoms with Crippen molar-refractivity contribution in [1.82, 2.24) is 5.32 Å². The second-order valence-electron chi connectivity index (χ2n) is 5.72. The number of nitrogens with zero attached hydrogens (tertiary/aromatic N) is 2. The van der Waals surface area contributed by atoms with Crippen LogP contribution in [0, 0.1) is 10.1 Å². The van der Waals surface area contributed by atoms with Crippen LogP contribution in [0.15, 0.2) is 18.2 Å². The highest BCUT2D eigenvalue weighted by Crippen LogP contribution is 2.35. The van der Waals surface area contributed by atoms with Crippen LogP contribution in [0.25, 0.3) is 0 Å². The molecule has 0 bridgehead atoms. The van der Waals surface area contributed by atoms with E-state index in [0.717, 1.165) is 17.4 Å². The summed E-state index contributed by atoms with van der Waals surface area (Å²) >= 11 is 0. The summed E-state index contributed by atoms with van der Waals surface area (Å²) in [5.74, 6) is -1.55. The van der Waals surface area contributed by atoms with E-state index < -0.39 is 35.9 Å². The zero-order valence-electron chi connectivity index (χ0n) is 14.4. The van der Waals surface area contributed by atoms with Gasteiger partial charge in [-0.15, -0.1) is 0 Å². The number of anilines is 1. The molecule has 0 saturated heterocycles. The second kappa shape index (κ2) is 8.28. The van der Waals surface area contributed by atoms with Crippen LogP contribution in [0.4, 0.5) is 11.4 Å². The van der Waals surface area contributed by atoms with Crippen molar-refractivity contribution in [3.8, 4) is 5.75 Å². The van der Waals surface area contributed by atoms with Gasteiger partial charge in [-0.3, -0.25) is 29.4 Å². The molecule has 1 heterocycles. The van der Waals surface area contributed by atoms with Crippen LogP contribution in [0.5, 0.6) is 5.75 Å². The van der Waals surface area contributed by atoms with E-state index in [1.165, 1.54) is 12.1 Å². The first-order valence-electron chi connectivity index (χ1n) is 7.98. The third kappa shape index (κ3) is 4.68. The van der Waals surface area contributed by atoms with Crippen LogP contribution in [0.3, 0.4) is 0 Å². The molecule has 1 N–H and O–H groups in total. The average molecular weight is 365 g/mol. The van der Waals surface area contributed by atoms with E-state index in [1.807, 2.05) is 13.8 Å². The van der Waals surface area contributed by atoms with Crippen molar-refractivity contribution in [3.63, 3.8) is 0 Å². The van der Waals surface area contributed by atoms with E-state index in [2.05, 4.69) is 5.32 Å². The summed E-state index contributed by atoms with van der Waals surface area (Å²) < 4.78 is 10.1. The van der Waals surface area contributed by atoms with Gasteiger partial charge in [0.2, 0.25) is 0 Å². The van der Waals surface area contributed by atoms with Crippen molar-refractivity contribution in [2.24, 2.45) is 0 Å².